The minimum absolute atomic E-state index is 0.00341. The van der Waals surface area contributed by atoms with Crippen LogP contribution in [-0.4, -0.2) is 33.4 Å². The Balaban J connectivity index is 1.44. The third-order valence-electron chi connectivity index (χ3n) is 6.73. The zero-order valence-electron chi connectivity index (χ0n) is 21.7. The Kier molecular flexibility index (Phi) is 6.16. The van der Waals surface area contributed by atoms with E-state index in [1.165, 1.54) is 24.0 Å². The normalized spacial score (nSPS) is 15.9. The third-order valence-corrected chi connectivity index (χ3v) is 6.73. The van der Waals surface area contributed by atoms with Gasteiger partial charge < -0.3 is 21.3 Å². The van der Waals surface area contributed by atoms with Crippen LogP contribution in [0.25, 0.3) is 0 Å². The van der Waals surface area contributed by atoms with Crippen molar-refractivity contribution in [2.45, 2.75) is 70.9 Å². The number of hydrogen-bond acceptors (Lipinski definition) is 7. The number of nitrogens with one attached hydrogen (secondary N) is 4. The number of amides is 1. The predicted octanol–water partition coefficient (Wildman–Crippen LogP) is 4.93. The topological polar surface area (TPSA) is 104 Å². The molecule has 3 aromatic rings. The molecule has 1 aliphatic carbocycles. The van der Waals surface area contributed by atoms with Gasteiger partial charge in [-0.3, -0.25) is 9.78 Å². The van der Waals surface area contributed by atoms with Crippen LogP contribution in [0.2, 0.25) is 0 Å². The Morgan fingerprint density at radius 3 is 2.56 bits per heavy atom. The van der Waals surface area contributed by atoms with Crippen molar-refractivity contribution in [3.63, 3.8) is 0 Å². The van der Waals surface area contributed by atoms with E-state index in [0.29, 0.717) is 17.3 Å². The molecule has 188 valence electrons. The summed E-state index contributed by atoms with van der Waals surface area (Å²) in [5.41, 5.74) is 5.96. The van der Waals surface area contributed by atoms with E-state index < -0.39 is 0 Å². The molecular formula is C28H35N7O. The summed E-state index contributed by atoms with van der Waals surface area (Å²) in [6.45, 7) is 11.2. The number of pyridine rings is 1. The van der Waals surface area contributed by atoms with Crippen molar-refractivity contribution in [2.75, 3.05) is 17.2 Å². The first-order valence-electron chi connectivity index (χ1n) is 12.7. The number of nitrogens with zero attached hydrogens (tertiary/aromatic N) is 3. The van der Waals surface area contributed by atoms with E-state index in [2.05, 4.69) is 70.2 Å². The van der Waals surface area contributed by atoms with Crippen LogP contribution in [0.15, 0.2) is 42.7 Å². The first kappa shape index (κ1) is 24.2. The van der Waals surface area contributed by atoms with Gasteiger partial charge in [0.25, 0.3) is 5.91 Å². The van der Waals surface area contributed by atoms with Gasteiger partial charge in [-0.05, 0) is 68.5 Å². The Labute approximate surface area is 212 Å². The van der Waals surface area contributed by atoms with E-state index in [0.717, 1.165) is 30.0 Å². The summed E-state index contributed by atoms with van der Waals surface area (Å²) in [5, 5.41) is 13.3. The molecule has 2 aromatic heterocycles. The summed E-state index contributed by atoms with van der Waals surface area (Å²) in [4.78, 5) is 26.6. The molecule has 2 aliphatic rings. The van der Waals surface area contributed by atoms with E-state index >= 15 is 0 Å². The van der Waals surface area contributed by atoms with Crippen molar-refractivity contribution in [3.8, 4) is 0 Å². The molecule has 1 amide bonds. The van der Waals surface area contributed by atoms with Gasteiger partial charge in [0, 0.05) is 53.0 Å². The fourth-order valence-corrected chi connectivity index (χ4v) is 4.68. The Hall–Kier alpha value is -3.52. The highest BCUT2D eigenvalue weighted by Gasteiger charge is 2.46. The maximum Gasteiger partial charge on any atom is 0.256 e. The predicted molar refractivity (Wildman–Crippen MR) is 143 cm³/mol. The summed E-state index contributed by atoms with van der Waals surface area (Å²) in [5.74, 6) is 0.648. The minimum Gasteiger partial charge on any atom is -0.350 e. The number of fused-ring (bicyclic) bond motifs is 2. The van der Waals surface area contributed by atoms with Gasteiger partial charge in [-0.25, -0.2) is 4.98 Å². The first-order chi connectivity index (χ1) is 17.1. The second kappa shape index (κ2) is 9.17. The van der Waals surface area contributed by atoms with Crippen molar-refractivity contribution in [3.05, 3.63) is 65.1 Å². The molecule has 5 rings (SSSR count). The molecule has 36 heavy (non-hydrogen) atoms. The molecule has 1 spiro atoms. The molecule has 1 fully saturated rings. The molecule has 3 heterocycles. The van der Waals surface area contributed by atoms with Crippen molar-refractivity contribution in [2.24, 2.45) is 0 Å². The lowest BCUT2D eigenvalue weighted by molar-refractivity contribution is 0.0943. The van der Waals surface area contributed by atoms with E-state index in [4.69, 9.17) is 4.98 Å². The summed E-state index contributed by atoms with van der Waals surface area (Å²) in [6.07, 6.45) is 6.76. The van der Waals surface area contributed by atoms with Crippen LogP contribution in [0.1, 0.15) is 74.6 Å². The van der Waals surface area contributed by atoms with Crippen molar-refractivity contribution >= 4 is 29.0 Å². The van der Waals surface area contributed by atoms with E-state index in [9.17, 15) is 4.79 Å². The van der Waals surface area contributed by atoms with Crippen LogP contribution in [0.3, 0.4) is 0 Å². The molecule has 0 saturated heterocycles. The van der Waals surface area contributed by atoms with Crippen LogP contribution in [0, 0.1) is 0 Å². The smallest absolute Gasteiger partial charge is 0.256 e. The molecule has 0 radical (unpaired) electrons. The number of anilines is 4. The molecule has 8 heteroatoms. The third kappa shape index (κ3) is 5.04. The Bertz CT molecular complexity index is 1290. The van der Waals surface area contributed by atoms with Crippen LogP contribution >= 0.6 is 0 Å². The van der Waals surface area contributed by atoms with Crippen LogP contribution < -0.4 is 21.3 Å². The molecule has 0 bridgehead atoms. The number of hydrogen-bond donors (Lipinski definition) is 4. The number of benzene rings is 1. The number of rotatable bonds is 6. The second-order valence-electron chi connectivity index (χ2n) is 11.1. The quantitative estimate of drug-likeness (QED) is 0.392. The molecule has 8 nitrogen and oxygen atoms in total. The van der Waals surface area contributed by atoms with Gasteiger partial charge in [-0.15, -0.1) is 0 Å². The number of aromatic nitrogens is 3. The van der Waals surface area contributed by atoms with E-state index in [1.807, 2.05) is 26.0 Å². The van der Waals surface area contributed by atoms with Crippen molar-refractivity contribution < 1.29 is 4.79 Å². The molecule has 1 aliphatic heterocycles. The average Bonchev–Trinajstić information content (AvgIpc) is 3.58. The van der Waals surface area contributed by atoms with Crippen LogP contribution in [0.5, 0.6) is 0 Å². The Morgan fingerprint density at radius 1 is 1.06 bits per heavy atom. The Morgan fingerprint density at radius 2 is 1.83 bits per heavy atom. The van der Waals surface area contributed by atoms with Gasteiger partial charge in [-0.1, -0.05) is 26.8 Å². The van der Waals surface area contributed by atoms with Crippen LogP contribution in [-0.2, 0) is 17.4 Å². The first-order valence-corrected chi connectivity index (χ1v) is 12.7. The van der Waals surface area contributed by atoms with E-state index in [-0.39, 0.29) is 22.9 Å². The largest absolute Gasteiger partial charge is 0.350 e. The molecule has 0 unspecified atom stereocenters. The van der Waals surface area contributed by atoms with Crippen molar-refractivity contribution in [1.82, 2.24) is 25.6 Å². The molecular weight excluding hydrogens is 450 g/mol. The fraction of sp³-hybridized carbons (Fsp3) is 0.429. The van der Waals surface area contributed by atoms with Gasteiger partial charge in [-0.2, -0.15) is 4.98 Å². The lowest BCUT2D eigenvalue weighted by Gasteiger charge is -2.27. The fourth-order valence-electron chi connectivity index (χ4n) is 4.68. The average molecular weight is 486 g/mol. The molecule has 1 saturated carbocycles. The summed E-state index contributed by atoms with van der Waals surface area (Å²) in [6, 6.07) is 10.4. The lowest BCUT2D eigenvalue weighted by Crippen LogP contribution is -2.36. The highest BCUT2D eigenvalue weighted by molar-refractivity contribution is 5.99. The van der Waals surface area contributed by atoms with E-state index in [1.54, 1.807) is 12.4 Å². The maximum atomic E-state index is 12.9. The highest BCUT2D eigenvalue weighted by atomic mass is 16.1. The molecule has 4 N–H and O–H groups in total. The molecule has 1 aromatic carbocycles. The van der Waals surface area contributed by atoms with Crippen LogP contribution in [0.4, 0.5) is 23.1 Å². The summed E-state index contributed by atoms with van der Waals surface area (Å²) >= 11 is 0. The zero-order chi connectivity index (χ0) is 25.5. The van der Waals surface area contributed by atoms with Gasteiger partial charge >= 0.3 is 0 Å². The van der Waals surface area contributed by atoms with Gasteiger partial charge in [0.2, 0.25) is 5.95 Å². The number of carbonyl (C=O) groups is 1. The minimum atomic E-state index is -0.222. The summed E-state index contributed by atoms with van der Waals surface area (Å²) < 4.78 is 0. The maximum absolute atomic E-state index is 12.9. The standard InChI is InChI=1S/C28H35N7O/c1-17(2)32-25(36)21-16-30-26(35-24(21)33-20-9-12-29-23(15-20)27(3,4)5)34-19-6-7-22-18(14-19)8-13-31-28(22)10-11-28/h6-7,9,12,14-17,31H,8,10-11,13H2,1-5H3,(H,32,36)(H2,29,30,33,34,35). The second-order valence-corrected chi connectivity index (χ2v) is 11.1. The van der Waals surface area contributed by atoms with Crippen molar-refractivity contribution in [1.29, 1.82) is 0 Å². The van der Waals surface area contributed by atoms with Gasteiger partial charge in [0.1, 0.15) is 11.4 Å². The molecule has 0 atom stereocenters. The number of carbonyl (C=O) groups excluding carboxylic acids is 1. The van der Waals surface area contributed by atoms with Gasteiger partial charge in [0.05, 0.1) is 0 Å². The SMILES string of the molecule is CC(C)NC(=O)c1cnc(Nc2ccc3c(c2)CCNC32CC2)nc1Nc1ccnc(C(C)(C)C)c1. The van der Waals surface area contributed by atoms with Gasteiger partial charge in [0.15, 0.2) is 0 Å². The summed E-state index contributed by atoms with van der Waals surface area (Å²) in [7, 11) is 0. The zero-order valence-corrected chi connectivity index (χ0v) is 21.7. The monoisotopic (exact) mass is 485 g/mol. The highest BCUT2D eigenvalue weighted by Crippen LogP contribution is 2.48. The lowest BCUT2D eigenvalue weighted by atomic mass is 9.91.